The summed E-state index contributed by atoms with van der Waals surface area (Å²) in [4.78, 5) is 2.29. The summed E-state index contributed by atoms with van der Waals surface area (Å²) in [6, 6.07) is 8.46. The second-order valence-corrected chi connectivity index (χ2v) is 5.02. The van der Waals surface area contributed by atoms with Crippen LogP contribution in [0.5, 0.6) is 5.75 Å². The predicted octanol–water partition coefficient (Wildman–Crippen LogP) is 2.31. The van der Waals surface area contributed by atoms with Gasteiger partial charge in [-0.25, -0.2) is 0 Å². The van der Waals surface area contributed by atoms with Gasteiger partial charge in [0.1, 0.15) is 5.75 Å². The van der Waals surface area contributed by atoms with E-state index in [4.69, 9.17) is 15.9 Å². The number of likely N-dealkylation sites (N-methyl/N-ethyl adjacent to an activating group) is 1. The number of hydrogen-bond donors (Lipinski definition) is 0. The summed E-state index contributed by atoms with van der Waals surface area (Å²) < 4.78 is 11.1. The van der Waals surface area contributed by atoms with Gasteiger partial charge in [0.2, 0.25) is 0 Å². The molecule has 2 atom stereocenters. The molecule has 1 aromatic rings. The van der Waals surface area contributed by atoms with Crippen molar-refractivity contribution in [3.63, 3.8) is 0 Å². The number of nitrogens with zero attached hydrogens (tertiary/aromatic N) is 1. The van der Waals surface area contributed by atoms with Crippen LogP contribution in [-0.2, 0) is 11.3 Å². The lowest BCUT2D eigenvalue weighted by atomic mass is 10.1. The Kier molecular flexibility index (Phi) is 4.84. The molecule has 1 saturated heterocycles. The molecule has 0 radical (unpaired) electrons. The van der Waals surface area contributed by atoms with Crippen LogP contribution < -0.4 is 4.74 Å². The SMILES string of the molecule is C#CCC1CC(OCc2ccc(OC)cc2)CN1C. The lowest BCUT2D eigenvalue weighted by Gasteiger charge is -2.15. The molecule has 0 N–H and O–H groups in total. The summed E-state index contributed by atoms with van der Waals surface area (Å²) >= 11 is 0. The Morgan fingerprint density at radius 2 is 2.11 bits per heavy atom. The van der Waals surface area contributed by atoms with E-state index in [2.05, 4.69) is 17.9 Å². The molecule has 0 saturated carbocycles. The average molecular weight is 259 g/mol. The highest BCUT2D eigenvalue weighted by Gasteiger charge is 2.29. The van der Waals surface area contributed by atoms with E-state index in [1.807, 2.05) is 24.3 Å². The fourth-order valence-corrected chi connectivity index (χ4v) is 2.46. The molecule has 0 aliphatic carbocycles. The molecular weight excluding hydrogens is 238 g/mol. The van der Waals surface area contributed by atoms with Gasteiger partial charge in [0.15, 0.2) is 0 Å². The number of ether oxygens (including phenoxy) is 2. The molecular formula is C16H21NO2. The van der Waals surface area contributed by atoms with E-state index in [1.54, 1.807) is 7.11 Å². The molecule has 3 nitrogen and oxygen atoms in total. The van der Waals surface area contributed by atoms with Crippen LogP contribution >= 0.6 is 0 Å². The summed E-state index contributed by atoms with van der Waals surface area (Å²) in [6.07, 6.45) is 7.49. The topological polar surface area (TPSA) is 21.7 Å². The first-order valence-corrected chi connectivity index (χ1v) is 6.61. The van der Waals surface area contributed by atoms with Crippen molar-refractivity contribution in [2.45, 2.75) is 31.6 Å². The van der Waals surface area contributed by atoms with E-state index in [9.17, 15) is 0 Å². The van der Waals surface area contributed by atoms with E-state index in [-0.39, 0.29) is 6.10 Å². The van der Waals surface area contributed by atoms with Gasteiger partial charge in [0, 0.05) is 19.0 Å². The maximum atomic E-state index is 5.96. The van der Waals surface area contributed by atoms with Crippen LogP contribution in [0, 0.1) is 12.3 Å². The minimum Gasteiger partial charge on any atom is -0.497 e. The normalized spacial score (nSPS) is 23.2. The molecule has 19 heavy (non-hydrogen) atoms. The minimum absolute atomic E-state index is 0.283. The summed E-state index contributed by atoms with van der Waals surface area (Å²) in [7, 11) is 3.78. The highest BCUT2D eigenvalue weighted by molar-refractivity contribution is 5.26. The largest absolute Gasteiger partial charge is 0.497 e. The van der Waals surface area contributed by atoms with Gasteiger partial charge >= 0.3 is 0 Å². The van der Waals surface area contributed by atoms with Crippen molar-refractivity contribution in [2.24, 2.45) is 0 Å². The summed E-state index contributed by atoms with van der Waals surface area (Å²) in [5.41, 5.74) is 1.17. The number of terminal acetylenes is 1. The van der Waals surface area contributed by atoms with Gasteiger partial charge in [-0.15, -0.1) is 12.3 Å². The third-order valence-corrected chi connectivity index (χ3v) is 3.65. The van der Waals surface area contributed by atoms with Crippen molar-refractivity contribution >= 4 is 0 Å². The zero-order valence-corrected chi connectivity index (χ0v) is 11.6. The lowest BCUT2D eigenvalue weighted by molar-refractivity contribution is 0.0481. The second kappa shape index (κ2) is 6.60. The Morgan fingerprint density at radius 1 is 1.37 bits per heavy atom. The van der Waals surface area contributed by atoms with Gasteiger partial charge in [0.05, 0.1) is 19.8 Å². The Bertz CT molecular complexity index is 435. The molecule has 2 unspecified atom stereocenters. The van der Waals surface area contributed by atoms with Gasteiger partial charge in [-0.1, -0.05) is 12.1 Å². The third-order valence-electron chi connectivity index (χ3n) is 3.65. The zero-order valence-electron chi connectivity index (χ0n) is 11.6. The van der Waals surface area contributed by atoms with Gasteiger partial charge in [-0.05, 0) is 31.2 Å². The van der Waals surface area contributed by atoms with Crippen LogP contribution in [0.1, 0.15) is 18.4 Å². The highest BCUT2D eigenvalue weighted by atomic mass is 16.5. The molecule has 3 heteroatoms. The van der Waals surface area contributed by atoms with Crippen LogP contribution in [0.2, 0.25) is 0 Å². The maximum Gasteiger partial charge on any atom is 0.118 e. The van der Waals surface area contributed by atoms with E-state index in [1.165, 1.54) is 5.56 Å². The Morgan fingerprint density at radius 3 is 2.74 bits per heavy atom. The number of rotatable bonds is 5. The van der Waals surface area contributed by atoms with Gasteiger partial charge in [0.25, 0.3) is 0 Å². The smallest absolute Gasteiger partial charge is 0.118 e. The van der Waals surface area contributed by atoms with Crippen molar-refractivity contribution in [2.75, 3.05) is 20.7 Å². The fourth-order valence-electron chi connectivity index (χ4n) is 2.46. The first kappa shape index (κ1) is 13.9. The van der Waals surface area contributed by atoms with E-state index in [0.29, 0.717) is 12.6 Å². The molecule has 2 rings (SSSR count). The molecule has 0 bridgehead atoms. The number of methoxy groups -OCH3 is 1. The van der Waals surface area contributed by atoms with Crippen molar-refractivity contribution in [1.29, 1.82) is 0 Å². The number of likely N-dealkylation sites (tertiary alicyclic amines) is 1. The molecule has 1 fully saturated rings. The standard InChI is InChI=1S/C16H21NO2/c1-4-5-14-10-16(11-17(14)2)19-12-13-6-8-15(18-3)9-7-13/h1,6-9,14,16H,5,10-12H2,2-3H3. The second-order valence-electron chi connectivity index (χ2n) is 5.02. The Balaban J connectivity index is 1.81. The average Bonchev–Trinajstić information content (AvgIpc) is 2.78. The Hall–Kier alpha value is -1.50. The molecule has 0 aromatic heterocycles. The quantitative estimate of drug-likeness (QED) is 0.757. The molecule has 0 spiro atoms. The molecule has 1 heterocycles. The highest BCUT2D eigenvalue weighted by Crippen LogP contribution is 2.22. The van der Waals surface area contributed by atoms with Crippen molar-refractivity contribution in [3.05, 3.63) is 29.8 Å². The molecule has 1 aliphatic rings. The van der Waals surface area contributed by atoms with Crippen LogP contribution in [0.25, 0.3) is 0 Å². The first-order valence-electron chi connectivity index (χ1n) is 6.61. The molecule has 1 aliphatic heterocycles. The zero-order chi connectivity index (χ0) is 13.7. The monoisotopic (exact) mass is 259 g/mol. The predicted molar refractivity (Wildman–Crippen MR) is 76.1 cm³/mol. The van der Waals surface area contributed by atoms with Crippen molar-refractivity contribution in [1.82, 2.24) is 4.90 Å². The molecule has 1 aromatic carbocycles. The van der Waals surface area contributed by atoms with E-state index in [0.717, 1.165) is 25.1 Å². The van der Waals surface area contributed by atoms with Crippen molar-refractivity contribution < 1.29 is 9.47 Å². The van der Waals surface area contributed by atoms with Gasteiger partial charge in [-0.3, -0.25) is 4.90 Å². The summed E-state index contributed by atoms with van der Waals surface area (Å²) in [5, 5.41) is 0. The lowest BCUT2D eigenvalue weighted by Crippen LogP contribution is -2.24. The first-order chi connectivity index (χ1) is 9.22. The maximum absolute atomic E-state index is 5.96. The van der Waals surface area contributed by atoms with Gasteiger partial charge < -0.3 is 9.47 Å². The minimum atomic E-state index is 0.283. The number of benzene rings is 1. The van der Waals surface area contributed by atoms with Crippen LogP contribution in [0.4, 0.5) is 0 Å². The Labute approximate surface area is 115 Å². The third kappa shape index (κ3) is 3.73. The van der Waals surface area contributed by atoms with Crippen LogP contribution in [0.15, 0.2) is 24.3 Å². The van der Waals surface area contributed by atoms with Crippen LogP contribution in [0.3, 0.4) is 0 Å². The van der Waals surface area contributed by atoms with Crippen molar-refractivity contribution in [3.8, 4) is 18.1 Å². The molecule has 102 valence electrons. The van der Waals surface area contributed by atoms with E-state index < -0.39 is 0 Å². The number of hydrogen-bond acceptors (Lipinski definition) is 3. The van der Waals surface area contributed by atoms with E-state index >= 15 is 0 Å². The molecule has 0 amide bonds. The summed E-state index contributed by atoms with van der Waals surface area (Å²) in [5.74, 6) is 3.61. The van der Waals surface area contributed by atoms with Crippen LogP contribution in [-0.4, -0.2) is 37.7 Å². The summed E-state index contributed by atoms with van der Waals surface area (Å²) in [6.45, 7) is 1.60. The van der Waals surface area contributed by atoms with Gasteiger partial charge in [-0.2, -0.15) is 0 Å². The fraction of sp³-hybridized carbons (Fsp3) is 0.500.